The summed E-state index contributed by atoms with van der Waals surface area (Å²) in [4.78, 5) is 8.71. The van der Waals surface area contributed by atoms with Crippen molar-refractivity contribution in [1.82, 2.24) is 24.7 Å². The first-order valence-corrected chi connectivity index (χ1v) is 10.8. The Kier molecular flexibility index (Phi) is 5.67. The van der Waals surface area contributed by atoms with Crippen molar-refractivity contribution < 1.29 is 13.5 Å². The van der Waals surface area contributed by atoms with Gasteiger partial charge in [-0.1, -0.05) is 12.1 Å². The third-order valence-corrected chi connectivity index (χ3v) is 5.66. The SMILES string of the molecule is COc1ccc(F)c2c1cc(C)n2CCNc1cc(-c2ccc(-c3nnc(C)o3)cc2)ncn1. The molecule has 2 aromatic carbocycles. The number of ether oxygens (including phenoxy) is 1. The zero-order valence-electron chi connectivity index (χ0n) is 19.0. The summed E-state index contributed by atoms with van der Waals surface area (Å²) in [5, 5.41) is 12.0. The third-order valence-electron chi connectivity index (χ3n) is 5.66. The monoisotopic (exact) mass is 458 g/mol. The van der Waals surface area contributed by atoms with Crippen LogP contribution >= 0.6 is 0 Å². The molecule has 0 radical (unpaired) electrons. The predicted octanol–water partition coefficient (Wildman–Crippen LogP) is 5.02. The number of aryl methyl sites for hydroxylation is 2. The molecule has 0 saturated heterocycles. The normalized spacial score (nSPS) is 11.2. The summed E-state index contributed by atoms with van der Waals surface area (Å²) in [6, 6.07) is 14.7. The minimum Gasteiger partial charge on any atom is -0.496 e. The highest BCUT2D eigenvalue weighted by Gasteiger charge is 2.14. The number of aromatic nitrogens is 5. The van der Waals surface area contributed by atoms with E-state index in [4.69, 9.17) is 9.15 Å². The van der Waals surface area contributed by atoms with Crippen molar-refractivity contribution in [3.8, 4) is 28.5 Å². The van der Waals surface area contributed by atoms with E-state index in [1.54, 1.807) is 20.1 Å². The quantitative estimate of drug-likeness (QED) is 0.366. The molecule has 5 aromatic rings. The highest BCUT2D eigenvalue weighted by molar-refractivity contribution is 5.88. The first kappa shape index (κ1) is 21.6. The molecule has 0 saturated carbocycles. The Hall–Kier alpha value is -4.27. The van der Waals surface area contributed by atoms with Crippen LogP contribution in [-0.2, 0) is 6.54 Å². The van der Waals surface area contributed by atoms with Crippen LogP contribution in [0.1, 0.15) is 11.6 Å². The Morgan fingerprint density at radius 3 is 2.53 bits per heavy atom. The average Bonchev–Trinajstić information content (AvgIpc) is 3.43. The van der Waals surface area contributed by atoms with Crippen molar-refractivity contribution >= 4 is 16.7 Å². The maximum atomic E-state index is 14.6. The lowest BCUT2D eigenvalue weighted by Gasteiger charge is -2.12. The summed E-state index contributed by atoms with van der Waals surface area (Å²) >= 11 is 0. The van der Waals surface area contributed by atoms with Crippen LogP contribution < -0.4 is 10.1 Å². The van der Waals surface area contributed by atoms with Crippen LogP contribution in [0.25, 0.3) is 33.6 Å². The van der Waals surface area contributed by atoms with Crippen LogP contribution in [0, 0.1) is 19.7 Å². The number of methoxy groups -OCH3 is 1. The van der Waals surface area contributed by atoms with Crippen molar-refractivity contribution in [1.29, 1.82) is 0 Å². The fraction of sp³-hybridized carbons (Fsp3) is 0.200. The van der Waals surface area contributed by atoms with Gasteiger partial charge in [0.2, 0.25) is 11.8 Å². The molecule has 3 heterocycles. The molecule has 0 unspecified atom stereocenters. The summed E-state index contributed by atoms with van der Waals surface area (Å²) < 4.78 is 27.4. The van der Waals surface area contributed by atoms with Crippen LogP contribution in [0.4, 0.5) is 10.2 Å². The molecular formula is C25H23FN6O2. The molecule has 0 aliphatic carbocycles. The number of benzene rings is 2. The molecule has 0 aliphatic rings. The molecule has 0 aliphatic heterocycles. The van der Waals surface area contributed by atoms with Gasteiger partial charge in [0.05, 0.1) is 18.3 Å². The van der Waals surface area contributed by atoms with Gasteiger partial charge < -0.3 is 19.0 Å². The molecule has 8 nitrogen and oxygen atoms in total. The van der Waals surface area contributed by atoms with Crippen molar-refractivity contribution in [2.24, 2.45) is 0 Å². The average molecular weight is 458 g/mol. The van der Waals surface area contributed by atoms with Crippen LogP contribution in [0.3, 0.4) is 0 Å². The van der Waals surface area contributed by atoms with Gasteiger partial charge in [-0.3, -0.25) is 0 Å². The molecule has 9 heteroatoms. The second kappa shape index (κ2) is 8.93. The molecule has 0 atom stereocenters. The zero-order valence-corrected chi connectivity index (χ0v) is 19.0. The molecule has 0 fully saturated rings. The lowest BCUT2D eigenvalue weighted by atomic mass is 10.1. The number of fused-ring (bicyclic) bond motifs is 1. The van der Waals surface area contributed by atoms with Gasteiger partial charge in [0, 0.05) is 48.3 Å². The fourth-order valence-corrected chi connectivity index (χ4v) is 4.01. The van der Waals surface area contributed by atoms with Crippen molar-refractivity contribution in [2.45, 2.75) is 20.4 Å². The minimum atomic E-state index is -0.271. The fourth-order valence-electron chi connectivity index (χ4n) is 4.01. The molecule has 172 valence electrons. The van der Waals surface area contributed by atoms with Gasteiger partial charge in [-0.2, -0.15) is 0 Å². The number of halogens is 1. The van der Waals surface area contributed by atoms with Gasteiger partial charge in [0.1, 0.15) is 23.7 Å². The molecule has 0 spiro atoms. The lowest BCUT2D eigenvalue weighted by Crippen LogP contribution is -2.13. The van der Waals surface area contributed by atoms with Crippen molar-refractivity contribution in [3.63, 3.8) is 0 Å². The standard InChI is InChI=1S/C25H23FN6O2/c1-15-12-19-22(33-3)9-8-20(26)24(19)32(15)11-10-27-23-13-21(28-14-29-23)17-4-6-18(7-5-17)25-31-30-16(2)34-25/h4-9,12-14H,10-11H2,1-3H3,(H,27,28,29). The molecule has 5 rings (SSSR count). The second-order valence-corrected chi connectivity index (χ2v) is 7.87. The largest absolute Gasteiger partial charge is 0.496 e. The van der Waals surface area contributed by atoms with Gasteiger partial charge in [0.15, 0.2) is 0 Å². The second-order valence-electron chi connectivity index (χ2n) is 7.87. The Morgan fingerprint density at radius 2 is 1.79 bits per heavy atom. The van der Waals surface area contributed by atoms with E-state index < -0.39 is 0 Å². The highest BCUT2D eigenvalue weighted by Crippen LogP contribution is 2.31. The Balaban J connectivity index is 1.30. The van der Waals surface area contributed by atoms with Crippen LogP contribution in [-0.4, -0.2) is 38.4 Å². The minimum absolute atomic E-state index is 0.271. The van der Waals surface area contributed by atoms with E-state index in [0.29, 0.717) is 42.0 Å². The van der Waals surface area contributed by atoms with E-state index in [1.807, 2.05) is 47.9 Å². The van der Waals surface area contributed by atoms with Gasteiger partial charge in [0.25, 0.3) is 0 Å². The number of nitrogens with one attached hydrogen (secondary N) is 1. The number of nitrogens with zero attached hydrogens (tertiary/aromatic N) is 5. The van der Waals surface area contributed by atoms with E-state index in [0.717, 1.165) is 27.9 Å². The summed E-state index contributed by atoms with van der Waals surface area (Å²) in [5.41, 5.74) is 4.06. The topological polar surface area (TPSA) is 90.9 Å². The molecule has 34 heavy (non-hydrogen) atoms. The number of rotatable bonds is 7. The maximum absolute atomic E-state index is 14.6. The van der Waals surface area contributed by atoms with E-state index in [1.165, 1.54) is 12.4 Å². The van der Waals surface area contributed by atoms with E-state index in [-0.39, 0.29) is 5.82 Å². The Labute approximate surface area is 195 Å². The molecular weight excluding hydrogens is 435 g/mol. The summed E-state index contributed by atoms with van der Waals surface area (Å²) in [5.74, 6) is 2.08. The van der Waals surface area contributed by atoms with Crippen molar-refractivity contribution in [3.05, 3.63) is 72.3 Å². The van der Waals surface area contributed by atoms with Gasteiger partial charge in [-0.25, -0.2) is 14.4 Å². The Morgan fingerprint density at radius 1 is 1.00 bits per heavy atom. The van der Waals surface area contributed by atoms with Gasteiger partial charge >= 0.3 is 0 Å². The maximum Gasteiger partial charge on any atom is 0.247 e. The van der Waals surface area contributed by atoms with Crippen LogP contribution in [0.2, 0.25) is 0 Å². The smallest absolute Gasteiger partial charge is 0.247 e. The molecule has 0 bridgehead atoms. The summed E-state index contributed by atoms with van der Waals surface area (Å²) in [6.07, 6.45) is 1.52. The van der Waals surface area contributed by atoms with E-state index >= 15 is 0 Å². The van der Waals surface area contributed by atoms with Crippen LogP contribution in [0.15, 0.2) is 59.3 Å². The lowest BCUT2D eigenvalue weighted by molar-refractivity contribution is 0.419. The first-order chi connectivity index (χ1) is 16.5. The van der Waals surface area contributed by atoms with Gasteiger partial charge in [-0.15, -0.1) is 10.2 Å². The predicted molar refractivity (Wildman–Crippen MR) is 127 cm³/mol. The summed E-state index contributed by atoms with van der Waals surface area (Å²) in [7, 11) is 1.59. The van der Waals surface area contributed by atoms with Crippen LogP contribution in [0.5, 0.6) is 5.75 Å². The molecule has 1 N–H and O–H groups in total. The third kappa shape index (κ3) is 4.07. The van der Waals surface area contributed by atoms with E-state index in [9.17, 15) is 4.39 Å². The summed E-state index contributed by atoms with van der Waals surface area (Å²) in [6.45, 7) is 4.85. The first-order valence-electron chi connectivity index (χ1n) is 10.8. The number of anilines is 1. The molecule has 3 aromatic heterocycles. The van der Waals surface area contributed by atoms with E-state index in [2.05, 4.69) is 25.5 Å². The van der Waals surface area contributed by atoms with Crippen molar-refractivity contribution in [2.75, 3.05) is 19.0 Å². The highest BCUT2D eigenvalue weighted by atomic mass is 19.1. The Bertz CT molecular complexity index is 1460. The zero-order chi connectivity index (χ0) is 23.7. The number of hydrogen-bond donors (Lipinski definition) is 1. The molecule has 0 amide bonds. The number of hydrogen-bond acceptors (Lipinski definition) is 7. The van der Waals surface area contributed by atoms with Gasteiger partial charge in [-0.05, 0) is 37.3 Å².